The molecular weight excluding hydrogens is 176 g/mol. The molecule has 1 rings (SSSR count). The number of hydrogen-bond donors (Lipinski definition) is 0. The zero-order chi connectivity index (χ0) is 9.68. The van der Waals surface area contributed by atoms with Gasteiger partial charge in [0.05, 0.1) is 0 Å². The van der Waals surface area contributed by atoms with E-state index in [0.29, 0.717) is 5.92 Å². The molecule has 0 nitrogen and oxygen atoms in total. The fraction of sp³-hybridized carbons (Fsp3) is 0.417. The lowest BCUT2D eigenvalue weighted by Gasteiger charge is -2.09. The van der Waals surface area contributed by atoms with Crippen molar-refractivity contribution in [1.29, 1.82) is 0 Å². The van der Waals surface area contributed by atoms with Gasteiger partial charge in [-0.3, -0.25) is 0 Å². The highest BCUT2D eigenvalue weighted by molar-refractivity contribution is 7.80. The normalized spacial score (nSPS) is 12.5. The first-order valence-corrected chi connectivity index (χ1v) is 5.23. The van der Waals surface area contributed by atoms with Crippen LogP contribution in [0.2, 0.25) is 0 Å². The van der Waals surface area contributed by atoms with Gasteiger partial charge in [-0.15, -0.1) is 0 Å². The monoisotopic (exact) mass is 192 g/mol. The van der Waals surface area contributed by atoms with Gasteiger partial charge in [-0.05, 0) is 17.9 Å². The van der Waals surface area contributed by atoms with Crippen LogP contribution in [-0.2, 0) is 0 Å². The minimum absolute atomic E-state index is 0.702. The molecule has 0 spiro atoms. The van der Waals surface area contributed by atoms with E-state index in [2.05, 4.69) is 26.0 Å². The lowest BCUT2D eigenvalue weighted by atomic mass is 9.99. The Kier molecular flexibility index (Phi) is 4.10. The fourth-order valence-corrected chi connectivity index (χ4v) is 1.62. The molecule has 1 unspecified atom stereocenters. The summed E-state index contributed by atoms with van der Waals surface area (Å²) in [6, 6.07) is 10.3. The Bertz CT molecular complexity index is 264. The number of benzene rings is 1. The molecule has 0 saturated carbocycles. The third-order valence-electron chi connectivity index (χ3n) is 2.33. The molecule has 0 bridgehead atoms. The molecule has 0 aromatic heterocycles. The molecule has 0 saturated heterocycles. The highest BCUT2D eigenvalue weighted by Gasteiger charge is 2.04. The summed E-state index contributed by atoms with van der Waals surface area (Å²) < 4.78 is 0. The van der Waals surface area contributed by atoms with E-state index in [1.165, 1.54) is 12.0 Å². The van der Waals surface area contributed by atoms with E-state index in [0.717, 1.165) is 11.3 Å². The van der Waals surface area contributed by atoms with Gasteiger partial charge in [-0.1, -0.05) is 62.8 Å². The van der Waals surface area contributed by atoms with Crippen molar-refractivity contribution < 1.29 is 0 Å². The van der Waals surface area contributed by atoms with Crippen LogP contribution in [0, 0.1) is 5.92 Å². The van der Waals surface area contributed by atoms with Crippen molar-refractivity contribution in [3.63, 3.8) is 0 Å². The average molecular weight is 192 g/mol. The van der Waals surface area contributed by atoms with Crippen LogP contribution in [-0.4, -0.2) is 4.86 Å². The van der Waals surface area contributed by atoms with Gasteiger partial charge in [-0.25, -0.2) is 0 Å². The van der Waals surface area contributed by atoms with Gasteiger partial charge in [0, 0.05) is 4.86 Å². The SMILES string of the molecule is CCC(C)CC(=S)c1ccccc1. The first-order chi connectivity index (χ1) is 6.24. The summed E-state index contributed by atoms with van der Waals surface area (Å²) in [5.74, 6) is 0.702. The summed E-state index contributed by atoms with van der Waals surface area (Å²) in [5.41, 5.74) is 1.21. The van der Waals surface area contributed by atoms with Crippen molar-refractivity contribution in [2.75, 3.05) is 0 Å². The van der Waals surface area contributed by atoms with E-state index in [9.17, 15) is 0 Å². The summed E-state index contributed by atoms with van der Waals surface area (Å²) in [5, 5.41) is 0. The van der Waals surface area contributed by atoms with Crippen molar-refractivity contribution in [2.24, 2.45) is 5.92 Å². The van der Waals surface area contributed by atoms with E-state index in [4.69, 9.17) is 12.2 Å². The molecule has 0 radical (unpaired) electrons. The second-order valence-corrected chi connectivity index (χ2v) is 4.00. The first-order valence-electron chi connectivity index (χ1n) is 4.82. The zero-order valence-electron chi connectivity index (χ0n) is 8.29. The predicted molar refractivity (Wildman–Crippen MR) is 62.2 cm³/mol. The van der Waals surface area contributed by atoms with Gasteiger partial charge in [0.2, 0.25) is 0 Å². The smallest absolute Gasteiger partial charge is 0.0227 e. The quantitative estimate of drug-likeness (QED) is 0.516. The predicted octanol–water partition coefficient (Wildman–Crippen LogP) is 3.84. The molecule has 0 aliphatic heterocycles. The van der Waals surface area contributed by atoms with Gasteiger partial charge < -0.3 is 0 Å². The number of rotatable bonds is 4. The summed E-state index contributed by atoms with van der Waals surface area (Å²) in [6.07, 6.45) is 2.24. The molecule has 1 aromatic rings. The lowest BCUT2D eigenvalue weighted by molar-refractivity contribution is 0.590. The minimum Gasteiger partial charge on any atom is -0.0843 e. The van der Waals surface area contributed by atoms with Crippen molar-refractivity contribution >= 4 is 17.1 Å². The first kappa shape index (κ1) is 10.4. The highest BCUT2D eigenvalue weighted by atomic mass is 32.1. The topological polar surface area (TPSA) is 0 Å². The maximum Gasteiger partial charge on any atom is 0.0227 e. The molecule has 0 heterocycles. The van der Waals surface area contributed by atoms with Gasteiger partial charge in [-0.2, -0.15) is 0 Å². The Morgan fingerprint density at radius 1 is 1.31 bits per heavy atom. The Morgan fingerprint density at radius 3 is 2.46 bits per heavy atom. The Hall–Kier alpha value is -0.690. The molecule has 0 aliphatic rings. The summed E-state index contributed by atoms with van der Waals surface area (Å²) >= 11 is 5.36. The second kappa shape index (κ2) is 5.13. The van der Waals surface area contributed by atoms with Crippen LogP contribution >= 0.6 is 12.2 Å². The summed E-state index contributed by atoms with van der Waals surface area (Å²) in [7, 11) is 0. The maximum atomic E-state index is 5.36. The molecule has 1 atom stereocenters. The van der Waals surface area contributed by atoms with Crippen molar-refractivity contribution in [2.45, 2.75) is 26.7 Å². The third-order valence-corrected chi connectivity index (χ3v) is 2.73. The molecule has 1 aromatic carbocycles. The van der Waals surface area contributed by atoms with Crippen molar-refractivity contribution in [1.82, 2.24) is 0 Å². The Labute approximate surface area is 86.0 Å². The Balaban J connectivity index is 2.59. The average Bonchev–Trinajstić information content (AvgIpc) is 2.19. The van der Waals surface area contributed by atoms with Gasteiger partial charge in [0.15, 0.2) is 0 Å². The van der Waals surface area contributed by atoms with Crippen LogP contribution in [0.1, 0.15) is 32.3 Å². The standard InChI is InChI=1S/C12H16S/c1-3-10(2)9-12(13)11-7-5-4-6-8-11/h4-8,10H,3,9H2,1-2H3. The minimum atomic E-state index is 0.702. The molecule has 13 heavy (non-hydrogen) atoms. The van der Waals surface area contributed by atoms with Crippen molar-refractivity contribution in [3.05, 3.63) is 35.9 Å². The Morgan fingerprint density at radius 2 is 1.92 bits per heavy atom. The van der Waals surface area contributed by atoms with E-state index < -0.39 is 0 Å². The van der Waals surface area contributed by atoms with E-state index in [-0.39, 0.29) is 0 Å². The van der Waals surface area contributed by atoms with Crippen LogP contribution in [0.15, 0.2) is 30.3 Å². The van der Waals surface area contributed by atoms with Crippen LogP contribution in [0.5, 0.6) is 0 Å². The van der Waals surface area contributed by atoms with Gasteiger partial charge in [0.25, 0.3) is 0 Å². The zero-order valence-corrected chi connectivity index (χ0v) is 9.10. The fourth-order valence-electron chi connectivity index (χ4n) is 1.20. The molecule has 0 amide bonds. The van der Waals surface area contributed by atoms with Gasteiger partial charge >= 0.3 is 0 Å². The number of hydrogen-bond acceptors (Lipinski definition) is 1. The molecule has 70 valence electrons. The molecular formula is C12H16S. The van der Waals surface area contributed by atoms with Crippen LogP contribution in [0.4, 0.5) is 0 Å². The van der Waals surface area contributed by atoms with E-state index >= 15 is 0 Å². The molecule has 1 heteroatoms. The third kappa shape index (κ3) is 3.27. The highest BCUT2D eigenvalue weighted by Crippen LogP contribution is 2.13. The summed E-state index contributed by atoms with van der Waals surface area (Å²) in [6.45, 7) is 4.45. The van der Waals surface area contributed by atoms with Crippen molar-refractivity contribution in [3.8, 4) is 0 Å². The second-order valence-electron chi connectivity index (χ2n) is 3.51. The van der Waals surface area contributed by atoms with E-state index in [1.807, 2.05) is 18.2 Å². The van der Waals surface area contributed by atoms with E-state index in [1.54, 1.807) is 0 Å². The lowest BCUT2D eigenvalue weighted by Crippen LogP contribution is -2.03. The molecule has 0 aliphatic carbocycles. The summed E-state index contributed by atoms with van der Waals surface area (Å²) in [4.78, 5) is 1.09. The molecule has 0 N–H and O–H groups in total. The number of thiocarbonyl (C=S) groups is 1. The van der Waals surface area contributed by atoms with Crippen LogP contribution in [0.25, 0.3) is 0 Å². The molecule has 0 fully saturated rings. The maximum absolute atomic E-state index is 5.36. The van der Waals surface area contributed by atoms with Crippen LogP contribution < -0.4 is 0 Å². The van der Waals surface area contributed by atoms with Gasteiger partial charge in [0.1, 0.15) is 0 Å². The van der Waals surface area contributed by atoms with Crippen LogP contribution in [0.3, 0.4) is 0 Å². The largest absolute Gasteiger partial charge is 0.0843 e.